The number of rotatable bonds is 7. The van der Waals surface area contributed by atoms with Gasteiger partial charge in [-0.15, -0.1) is 0 Å². The number of nitrogens with zero attached hydrogens (tertiary/aromatic N) is 2. The van der Waals surface area contributed by atoms with Gasteiger partial charge in [-0.1, -0.05) is 6.07 Å². The van der Waals surface area contributed by atoms with E-state index in [1.165, 1.54) is 42.5 Å². The molecule has 2 aromatic heterocycles. The summed E-state index contributed by atoms with van der Waals surface area (Å²) in [6.45, 7) is 0.270. The second-order valence-corrected chi connectivity index (χ2v) is 11.0. The Balaban J connectivity index is 1.33. The summed E-state index contributed by atoms with van der Waals surface area (Å²) in [6.07, 6.45) is 4.02. The first-order valence-corrected chi connectivity index (χ1v) is 13.0. The molecule has 37 heavy (non-hydrogen) atoms. The van der Waals surface area contributed by atoms with Crippen molar-refractivity contribution in [2.24, 2.45) is 0 Å². The molecule has 1 aromatic carbocycles. The zero-order valence-corrected chi connectivity index (χ0v) is 20.3. The first-order chi connectivity index (χ1) is 17.7. The summed E-state index contributed by atoms with van der Waals surface area (Å²) in [4.78, 5) is 43.8. The molecular weight excluding hydrogens is 502 g/mol. The van der Waals surface area contributed by atoms with Crippen molar-refractivity contribution in [1.82, 2.24) is 20.5 Å². The predicted octanol–water partition coefficient (Wildman–Crippen LogP) is 1.94. The lowest BCUT2D eigenvalue weighted by molar-refractivity contribution is -0.123. The summed E-state index contributed by atoms with van der Waals surface area (Å²) >= 11 is 0. The molecule has 1 atom stereocenters. The number of amides is 4. The van der Waals surface area contributed by atoms with E-state index in [4.69, 9.17) is 9.15 Å². The topological polar surface area (TPSA) is 160 Å². The minimum Gasteiger partial charge on any atom is -0.497 e. The van der Waals surface area contributed by atoms with Crippen LogP contribution in [0.2, 0.25) is 0 Å². The Hall–Kier alpha value is -4.39. The van der Waals surface area contributed by atoms with Gasteiger partial charge in [-0.25, -0.2) is 18.2 Å². The summed E-state index contributed by atoms with van der Waals surface area (Å²) in [5.74, 6) is -0.280. The van der Waals surface area contributed by atoms with Crippen LogP contribution in [0.25, 0.3) is 11.1 Å². The van der Waals surface area contributed by atoms with Gasteiger partial charge in [0, 0.05) is 17.8 Å². The lowest BCUT2D eigenvalue weighted by Gasteiger charge is -2.20. The van der Waals surface area contributed by atoms with Crippen molar-refractivity contribution in [3.05, 3.63) is 65.6 Å². The lowest BCUT2D eigenvalue weighted by Crippen LogP contribution is -2.42. The molecule has 0 radical (unpaired) electrons. The van der Waals surface area contributed by atoms with Crippen LogP contribution >= 0.6 is 0 Å². The van der Waals surface area contributed by atoms with E-state index >= 15 is 0 Å². The van der Waals surface area contributed by atoms with Gasteiger partial charge in [0.1, 0.15) is 22.8 Å². The molecule has 3 N–H and O–H groups in total. The highest BCUT2D eigenvalue weighted by atomic mass is 32.2. The van der Waals surface area contributed by atoms with E-state index in [0.717, 1.165) is 5.56 Å². The maximum atomic E-state index is 13.0. The second-order valence-electron chi connectivity index (χ2n) is 9.03. The number of aromatic nitrogens is 1. The third-order valence-electron chi connectivity index (χ3n) is 6.52. The summed E-state index contributed by atoms with van der Waals surface area (Å²) in [7, 11) is -2.01. The van der Waals surface area contributed by atoms with Crippen molar-refractivity contribution in [1.29, 1.82) is 0 Å². The minimum atomic E-state index is -3.52. The number of sulfonamides is 1. The Kier molecular flexibility index (Phi) is 5.02. The molecule has 6 rings (SSSR count). The molecule has 13 heteroatoms. The predicted molar refractivity (Wildman–Crippen MR) is 130 cm³/mol. The van der Waals surface area contributed by atoms with Crippen LogP contribution in [0.4, 0.5) is 10.6 Å². The fourth-order valence-electron chi connectivity index (χ4n) is 4.38. The molecule has 4 amide bonds. The van der Waals surface area contributed by atoms with E-state index in [1.807, 2.05) is 0 Å². The number of fused-ring (bicyclic) bond motifs is 2. The van der Waals surface area contributed by atoms with Crippen LogP contribution in [0.5, 0.6) is 5.75 Å². The van der Waals surface area contributed by atoms with Gasteiger partial charge in [-0.05, 0) is 48.7 Å². The van der Waals surface area contributed by atoms with Gasteiger partial charge in [0.2, 0.25) is 10.0 Å². The Morgan fingerprint density at radius 3 is 2.70 bits per heavy atom. The average Bonchev–Trinajstić information content (AvgIpc) is 3.50. The van der Waals surface area contributed by atoms with Crippen molar-refractivity contribution in [3.63, 3.8) is 0 Å². The molecule has 2 aliphatic heterocycles. The zero-order valence-electron chi connectivity index (χ0n) is 19.5. The molecule has 1 saturated carbocycles. The molecule has 3 aliphatic rings. The number of furan rings is 1. The molecule has 0 bridgehead atoms. The van der Waals surface area contributed by atoms with Gasteiger partial charge in [-0.3, -0.25) is 19.6 Å². The maximum Gasteiger partial charge on any atom is 0.322 e. The number of imide groups is 1. The molecule has 1 unspecified atom stereocenters. The van der Waals surface area contributed by atoms with E-state index in [1.54, 1.807) is 18.2 Å². The number of carbonyl (C=O) groups is 3. The smallest absolute Gasteiger partial charge is 0.322 e. The number of urea groups is 1. The molecule has 190 valence electrons. The number of benzene rings is 1. The van der Waals surface area contributed by atoms with Crippen LogP contribution < -0.4 is 20.1 Å². The quantitative estimate of drug-likeness (QED) is 0.396. The molecule has 1 saturated heterocycles. The standard InChI is InChI=1S/C24H21N5O7S/c1-35-14-3-2-13-12-29(21(30)16(13)10-14)9-8-24(22(31)26-23(32)27-24)19-11-17-18(36-19)6-7-20(25-17)28-37(33,34)15-4-5-15/h2-3,6-11,15H,4-5,12H2,1H3,(H,25,28)(H2,26,27,31,32). The van der Waals surface area contributed by atoms with Crippen molar-refractivity contribution < 1.29 is 32.0 Å². The van der Waals surface area contributed by atoms with Crippen LogP contribution in [0.15, 0.2) is 53.1 Å². The lowest BCUT2D eigenvalue weighted by atomic mass is 9.96. The van der Waals surface area contributed by atoms with Crippen molar-refractivity contribution in [2.75, 3.05) is 11.8 Å². The fourth-order valence-corrected chi connectivity index (χ4v) is 5.70. The third kappa shape index (κ3) is 3.87. The maximum absolute atomic E-state index is 13.0. The number of anilines is 1. The van der Waals surface area contributed by atoms with Gasteiger partial charge in [0.25, 0.3) is 11.8 Å². The SMILES string of the molecule is COc1ccc2c(c1)C(=O)N(C=CC1(c3cc4nc(NS(=O)(=O)C5CC5)ccc4o3)NC(=O)NC1=O)C2. The molecule has 4 heterocycles. The summed E-state index contributed by atoms with van der Waals surface area (Å²) < 4.78 is 38.1. The molecule has 1 aliphatic carbocycles. The van der Waals surface area contributed by atoms with Gasteiger partial charge < -0.3 is 19.4 Å². The molecule has 2 fully saturated rings. The van der Waals surface area contributed by atoms with Gasteiger partial charge in [0.05, 0.1) is 18.9 Å². The third-order valence-corrected chi connectivity index (χ3v) is 8.36. The normalized spacial score (nSPS) is 21.4. The van der Waals surface area contributed by atoms with Crippen molar-refractivity contribution >= 4 is 44.8 Å². The number of ether oxygens (including phenoxy) is 1. The first-order valence-electron chi connectivity index (χ1n) is 11.4. The highest BCUT2D eigenvalue weighted by molar-refractivity contribution is 7.93. The molecule has 0 spiro atoms. The summed E-state index contributed by atoms with van der Waals surface area (Å²) in [5, 5.41) is 4.35. The highest BCUT2D eigenvalue weighted by Crippen LogP contribution is 2.34. The van der Waals surface area contributed by atoms with Crippen molar-refractivity contribution in [2.45, 2.75) is 30.2 Å². The monoisotopic (exact) mass is 523 g/mol. The Labute approximate surface area is 210 Å². The van der Waals surface area contributed by atoms with Gasteiger partial charge in [0.15, 0.2) is 11.1 Å². The Morgan fingerprint density at radius 2 is 2.00 bits per heavy atom. The van der Waals surface area contributed by atoms with E-state index in [-0.39, 0.29) is 35.1 Å². The van der Waals surface area contributed by atoms with Crippen LogP contribution in [-0.2, 0) is 26.9 Å². The van der Waals surface area contributed by atoms with E-state index in [9.17, 15) is 22.8 Å². The highest BCUT2D eigenvalue weighted by Gasteiger charge is 2.49. The van der Waals surface area contributed by atoms with E-state index < -0.39 is 32.8 Å². The fraction of sp³-hybridized carbons (Fsp3) is 0.250. The van der Waals surface area contributed by atoms with Crippen LogP contribution in [0.3, 0.4) is 0 Å². The van der Waals surface area contributed by atoms with Gasteiger partial charge >= 0.3 is 6.03 Å². The number of carbonyl (C=O) groups excluding carboxylic acids is 3. The molecule has 3 aromatic rings. The van der Waals surface area contributed by atoms with Crippen molar-refractivity contribution in [3.8, 4) is 5.75 Å². The largest absolute Gasteiger partial charge is 0.497 e. The first kappa shape index (κ1) is 23.0. The zero-order chi connectivity index (χ0) is 25.9. The number of pyridine rings is 1. The average molecular weight is 524 g/mol. The number of hydrogen-bond acceptors (Lipinski definition) is 8. The summed E-state index contributed by atoms with van der Waals surface area (Å²) in [5.41, 5.74) is 0.0796. The molecular formula is C24H21N5O7S. The van der Waals surface area contributed by atoms with Crippen LogP contribution in [0, 0.1) is 0 Å². The number of nitrogens with one attached hydrogen (secondary N) is 3. The number of methoxy groups -OCH3 is 1. The minimum absolute atomic E-state index is 0.0441. The van der Waals surface area contributed by atoms with E-state index in [2.05, 4.69) is 20.3 Å². The van der Waals surface area contributed by atoms with Crippen LogP contribution in [-0.4, -0.2) is 48.5 Å². The van der Waals surface area contributed by atoms with Gasteiger partial charge in [-0.2, -0.15) is 0 Å². The second kappa shape index (κ2) is 8.06. The van der Waals surface area contributed by atoms with E-state index in [0.29, 0.717) is 24.2 Å². The Bertz CT molecular complexity index is 1630. The Morgan fingerprint density at radius 1 is 1.19 bits per heavy atom. The number of hydrogen-bond donors (Lipinski definition) is 3. The van der Waals surface area contributed by atoms with Crippen LogP contribution in [0.1, 0.15) is 34.5 Å². The summed E-state index contributed by atoms with van der Waals surface area (Å²) in [6, 6.07) is 8.89. The molecule has 12 nitrogen and oxygen atoms in total.